The standard InChI is InChI=1S/C17H34N2O/c1-14(2)7-10-19(11-8-15(3)4)17(20)12-16-6-5-9-18-13-16/h14-16,18H,5-13H2,1-4H3. The van der Waals surface area contributed by atoms with Crippen LogP contribution in [-0.4, -0.2) is 37.0 Å². The van der Waals surface area contributed by atoms with Crippen molar-refractivity contribution in [1.82, 2.24) is 10.2 Å². The molecule has 0 aromatic rings. The fourth-order valence-corrected chi connectivity index (χ4v) is 2.66. The van der Waals surface area contributed by atoms with Crippen LogP contribution >= 0.6 is 0 Å². The van der Waals surface area contributed by atoms with Gasteiger partial charge in [0.25, 0.3) is 0 Å². The van der Waals surface area contributed by atoms with Crippen LogP contribution in [0.15, 0.2) is 0 Å². The lowest BCUT2D eigenvalue weighted by Gasteiger charge is -2.28. The molecule has 3 nitrogen and oxygen atoms in total. The third-order valence-electron chi connectivity index (χ3n) is 4.17. The molecule has 20 heavy (non-hydrogen) atoms. The van der Waals surface area contributed by atoms with Crippen LogP contribution < -0.4 is 5.32 Å². The molecule has 3 heteroatoms. The molecule has 0 aromatic heterocycles. The molecular weight excluding hydrogens is 248 g/mol. The first kappa shape index (κ1) is 17.5. The van der Waals surface area contributed by atoms with Crippen molar-refractivity contribution in [2.45, 2.75) is 59.8 Å². The molecule has 1 atom stereocenters. The maximum atomic E-state index is 12.5. The van der Waals surface area contributed by atoms with Gasteiger partial charge in [-0.15, -0.1) is 0 Å². The molecule has 1 rings (SSSR count). The zero-order valence-electron chi connectivity index (χ0n) is 14.0. The summed E-state index contributed by atoms with van der Waals surface area (Å²) in [6.45, 7) is 12.9. The summed E-state index contributed by atoms with van der Waals surface area (Å²) in [5.41, 5.74) is 0. The minimum absolute atomic E-state index is 0.375. The molecule has 1 fully saturated rings. The second-order valence-electron chi connectivity index (χ2n) is 7.16. The quantitative estimate of drug-likeness (QED) is 0.741. The smallest absolute Gasteiger partial charge is 0.222 e. The topological polar surface area (TPSA) is 32.3 Å². The van der Waals surface area contributed by atoms with Gasteiger partial charge >= 0.3 is 0 Å². The van der Waals surface area contributed by atoms with Gasteiger partial charge in [0.15, 0.2) is 0 Å². The molecule has 118 valence electrons. The van der Waals surface area contributed by atoms with E-state index in [0.29, 0.717) is 23.7 Å². The highest BCUT2D eigenvalue weighted by molar-refractivity contribution is 5.76. The van der Waals surface area contributed by atoms with Gasteiger partial charge in [-0.2, -0.15) is 0 Å². The molecule has 1 aliphatic heterocycles. The molecule has 1 saturated heterocycles. The molecule has 1 aliphatic rings. The average molecular weight is 282 g/mol. The molecule has 0 aliphatic carbocycles. The number of rotatable bonds is 8. The number of hydrogen-bond donors (Lipinski definition) is 1. The molecule has 1 heterocycles. The van der Waals surface area contributed by atoms with Gasteiger partial charge < -0.3 is 10.2 Å². The van der Waals surface area contributed by atoms with Crippen LogP contribution in [0.5, 0.6) is 0 Å². The van der Waals surface area contributed by atoms with Gasteiger partial charge in [-0.25, -0.2) is 0 Å². The van der Waals surface area contributed by atoms with Crippen LogP contribution in [0, 0.1) is 17.8 Å². The van der Waals surface area contributed by atoms with Crippen LogP contribution in [0.25, 0.3) is 0 Å². The molecule has 1 N–H and O–H groups in total. The predicted molar refractivity (Wildman–Crippen MR) is 85.7 cm³/mol. The number of carbonyl (C=O) groups excluding carboxylic acids is 1. The lowest BCUT2D eigenvalue weighted by atomic mass is 9.95. The van der Waals surface area contributed by atoms with Gasteiger partial charge in [-0.3, -0.25) is 4.79 Å². The maximum absolute atomic E-state index is 12.5. The Balaban J connectivity index is 2.43. The molecule has 0 bridgehead atoms. The van der Waals surface area contributed by atoms with Crippen LogP contribution in [0.4, 0.5) is 0 Å². The van der Waals surface area contributed by atoms with Crippen LogP contribution in [0.2, 0.25) is 0 Å². The summed E-state index contributed by atoms with van der Waals surface area (Å²) >= 11 is 0. The van der Waals surface area contributed by atoms with Crippen LogP contribution in [-0.2, 0) is 4.79 Å². The highest BCUT2D eigenvalue weighted by Crippen LogP contribution is 2.17. The van der Waals surface area contributed by atoms with E-state index in [4.69, 9.17) is 0 Å². The van der Waals surface area contributed by atoms with Gasteiger partial charge in [0.05, 0.1) is 0 Å². The Kier molecular flexibility index (Phi) is 8.20. The van der Waals surface area contributed by atoms with Gasteiger partial charge in [0, 0.05) is 19.5 Å². The summed E-state index contributed by atoms with van der Waals surface area (Å²) in [6, 6.07) is 0. The van der Waals surface area contributed by atoms with Crippen molar-refractivity contribution < 1.29 is 4.79 Å². The Morgan fingerprint density at radius 1 is 1.15 bits per heavy atom. The van der Waals surface area contributed by atoms with E-state index in [9.17, 15) is 4.79 Å². The Morgan fingerprint density at radius 2 is 1.75 bits per heavy atom. The summed E-state index contributed by atoms with van der Waals surface area (Å²) in [5, 5.41) is 3.41. The lowest BCUT2D eigenvalue weighted by Crippen LogP contribution is -2.38. The zero-order valence-corrected chi connectivity index (χ0v) is 14.0. The van der Waals surface area contributed by atoms with Gasteiger partial charge in [0.1, 0.15) is 0 Å². The second kappa shape index (κ2) is 9.38. The first-order valence-electron chi connectivity index (χ1n) is 8.47. The zero-order chi connectivity index (χ0) is 15.0. The summed E-state index contributed by atoms with van der Waals surface area (Å²) in [5.74, 6) is 2.26. The summed E-state index contributed by atoms with van der Waals surface area (Å²) < 4.78 is 0. The number of nitrogens with one attached hydrogen (secondary N) is 1. The minimum Gasteiger partial charge on any atom is -0.343 e. The molecule has 0 radical (unpaired) electrons. The van der Waals surface area contributed by atoms with E-state index >= 15 is 0 Å². The Hall–Kier alpha value is -0.570. The largest absolute Gasteiger partial charge is 0.343 e. The summed E-state index contributed by atoms with van der Waals surface area (Å²) in [4.78, 5) is 14.7. The third kappa shape index (κ3) is 7.28. The van der Waals surface area contributed by atoms with Crippen LogP contribution in [0.1, 0.15) is 59.8 Å². The average Bonchev–Trinajstić information content (AvgIpc) is 2.39. The van der Waals surface area contributed by atoms with E-state index < -0.39 is 0 Å². The molecule has 1 unspecified atom stereocenters. The second-order valence-corrected chi connectivity index (χ2v) is 7.16. The maximum Gasteiger partial charge on any atom is 0.222 e. The van der Waals surface area contributed by atoms with Crippen molar-refractivity contribution in [3.05, 3.63) is 0 Å². The summed E-state index contributed by atoms with van der Waals surface area (Å²) in [6.07, 6.45) is 5.40. The fraction of sp³-hybridized carbons (Fsp3) is 0.941. The van der Waals surface area contributed by atoms with Gasteiger partial charge in [-0.1, -0.05) is 27.7 Å². The molecule has 0 spiro atoms. The van der Waals surface area contributed by atoms with Crippen molar-refractivity contribution in [2.75, 3.05) is 26.2 Å². The Morgan fingerprint density at radius 3 is 2.20 bits per heavy atom. The van der Waals surface area contributed by atoms with E-state index in [0.717, 1.165) is 45.4 Å². The van der Waals surface area contributed by atoms with Crippen molar-refractivity contribution in [3.63, 3.8) is 0 Å². The number of hydrogen-bond acceptors (Lipinski definition) is 2. The first-order chi connectivity index (χ1) is 9.49. The first-order valence-corrected chi connectivity index (χ1v) is 8.47. The SMILES string of the molecule is CC(C)CCN(CCC(C)C)C(=O)CC1CCCNC1. The highest BCUT2D eigenvalue weighted by Gasteiger charge is 2.21. The Bertz CT molecular complexity index is 258. The fourth-order valence-electron chi connectivity index (χ4n) is 2.66. The normalized spacial score (nSPS) is 19.6. The molecular formula is C17H34N2O. The van der Waals surface area contributed by atoms with Crippen molar-refractivity contribution in [1.29, 1.82) is 0 Å². The number of amides is 1. The predicted octanol–water partition coefficient (Wildman–Crippen LogP) is 3.30. The van der Waals surface area contributed by atoms with E-state index in [1.165, 1.54) is 12.8 Å². The van der Waals surface area contributed by atoms with Crippen molar-refractivity contribution >= 4 is 5.91 Å². The lowest BCUT2D eigenvalue weighted by molar-refractivity contribution is -0.132. The minimum atomic E-state index is 0.375. The highest BCUT2D eigenvalue weighted by atomic mass is 16.2. The van der Waals surface area contributed by atoms with Gasteiger partial charge in [-0.05, 0) is 56.5 Å². The van der Waals surface area contributed by atoms with E-state index in [2.05, 4.69) is 37.9 Å². The number of piperidine rings is 1. The van der Waals surface area contributed by atoms with Gasteiger partial charge in [0.2, 0.25) is 5.91 Å². The number of nitrogens with zero attached hydrogens (tertiary/aromatic N) is 1. The number of carbonyl (C=O) groups is 1. The van der Waals surface area contributed by atoms with Crippen LogP contribution in [0.3, 0.4) is 0 Å². The van der Waals surface area contributed by atoms with Crippen molar-refractivity contribution in [3.8, 4) is 0 Å². The van der Waals surface area contributed by atoms with E-state index in [1.54, 1.807) is 0 Å². The van der Waals surface area contributed by atoms with E-state index in [1.807, 2.05) is 0 Å². The Labute approximate surface area is 125 Å². The van der Waals surface area contributed by atoms with E-state index in [-0.39, 0.29) is 0 Å². The monoisotopic (exact) mass is 282 g/mol. The molecule has 0 saturated carbocycles. The third-order valence-corrected chi connectivity index (χ3v) is 4.17. The molecule has 0 aromatic carbocycles. The van der Waals surface area contributed by atoms with Crippen molar-refractivity contribution in [2.24, 2.45) is 17.8 Å². The summed E-state index contributed by atoms with van der Waals surface area (Å²) in [7, 11) is 0. The molecule has 1 amide bonds.